The Labute approximate surface area is 166 Å². The van der Waals surface area contributed by atoms with Crippen molar-refractivity contribution < 1.29 is 0 Å². The monoisotopic (exact) mass is 372 g/mol. The van der Waals surface area contributed by atoms with Gasteiger partial charge in [0.15, 0.2) is 5.82 Å². The summed E-state index contributed by atoms with van der Waals surface area (Å²) in [7, 11) is 0. The molecule has 4 rings (SSSR count). The van der Waals surface area contributed by atoms with Crippen molar-refractivity contribution >= 4 is 27.8 Å². The largest absolute Gasteiger partial charge is 0.382 e. The van der Waals surface area contributed by atoms with Crippen LogP contribution in [0.4, 0.5) is 5.82 Å². The Morgan fingerprint density at radius 3 is 2.32 bits per heavy atom. The van der Waals surface area contributed by atoms with E-state index < -0.39 is 0 Å². The first-order chi connectivity index (χ1) is 13.2. The third-order valence-electron chi connectivity index (χ3n) is 5.22. The zero-order chi connectivity index (χ0) is 20.1. The van der Waals surface area contributed by atoms with E-state index in [0.717, 1.165) is 28.5 Å². The second-order valence-corrected chi connectivity index (χ2v) is 9.04. The molecule has 0 aliphatic carbocycles. The molecule has 0 fully saturated rings. The number of hydrogen-bond acceptors (Lipinski definition) is 3. The number of nitrogens with two attached hydrogens (primary N) is 1. The smallest absolute Gasteiger partial charge is 0.152 e. The normalized spacial score (nSPS) is 12.4. The molecular weight excluding hydrogens is 344 g/mol. The maximum atomic E-state index is 6.19. The summed E-state index contributed by atoms with van der Waals surface area (Å²) < 4.78 is 2.20. The Morgan fingerprint density at radius 1 is 1.00 bits per heavy atom. The number of anilines is 1. The van der Waals surface area contributed by atoms with Crippen LogP contribution in [0.3, 0.4) is 0 Å². The highest BCUT2D eigenvalue weighted by Gasteiger charge is 2.15. The third kappa shape index (κ3) is 3.24. The van der Waals surface area contributed by atoms with Crippen LogP contribution < -0.4 is 5.73 Å². The molecule has 0 aliphatic heterocycles. The molecule has 0 spiro atoms. The van der Waals surface area contributed by atoms with Crippen LogP contribution in [-0.2, 0) is 12.0 Å². The predicted molar refractivity (Wildman–Crippen MR) is 118 cm³/mol. The Hall–Kier alpha value is -2.88. The Bertz CT molecular complexity index is 1150. The third-order valence-corrected chi connectivity index (χ3v) is 5.22. The predicted octanol–water partition coefficient (Wildman–Crippen LogP) is 5.79. The van der Waals surface area contributed by atoms with E-state index in [0.29, 0.717) is 11.7 Å². The molecule has 4 nitrogen and oxygen atoms in total. The molecule has 0 atom stereocenters. The van der Waals surface area contributed by atoms with Crippen LogP contribution in [0, 0.1) is 5.92 Å². The summed E-state index contributed by atoms with van der Waals surface area (Å²) in [6.07, 6.45) is 1.88. The molecule has 0 bridgehead atoms. The van der Waals surface area contributed by atoms with Crippen molar-refractivity contribution in [1.29, 1.82) is 0 Å². The molecule has 4 aromatic rings. The quantitative estimate of drug-likeness (QED) is 0.495. The summed E-state index contributed by atoms with van der Waals surface area (Å²) in [5, 5.41) is 1.10. The summed E-state index contributed by atoms with van der Waals surface area (Å²) >= 11 is 0. The first kappa shape index (κ1) is 18.5. The lowest BCUT2D eigenvalue weighted by Crippen LogP contribution is -2.10. The first-order valence-electron chi connectivity index (χ1n) is 9.89. The second kappa shape index (κ2) is 6.62. The Balaban J connectivity index is 1.89. The van der Waals surface area contributed by atoms with E-state index in [1.54, 1.807) is 0 Å². The van der Waals surface area contributed by atoms with Gasteiger partial charge in [0.2, 0.25) is 0 Å². The minimum Gasteiger partial charge on any atom is -0.382 e. The van der Waals surface area contributed by atoms with Gasteiger partial charge >= 0.3 is 0 Å². The zero-order valence-electron chi connectivity index (χ0n) is 17.3. The molecule has 0 radical (unpaired) electrons. The molecule has 0 saturated carbocycles. The van der Waals surface area contributed by atoms with Gasteiger partial charge in [0.05, 0.1) is 17.4 Å². The van der Waals surface area contributed by atoms with Gasteiger partial charge in [-0.05, 0) is 40.2 Å². The fourth-order valence-corrected chi connectivity index (χ4v) is 3.73. The van der Waals surface area contributed by atoms with Gasteiger partial charge < -0.3 is 10.3 Å². The molecule has 2 aromatic heterocycles. The van der Waals surface area contributed by atoms with Crippen LogP contribution in [0.1, 0.15) is 40.2 Å². The van der Waals surface area contributed by atoms with Crippen molar-refractivity contribution in [2.24, 2.45) is 5.92 Å². The average molecular weight is 373 g/mol. The summed E-state index contributed by atoms with van der Waals surface area (Å²) in [6, 6.07) is 15.2. The van der Waals surface area contributed by atoms with E-state index >= 15 is 0 Å². The fraction of sp³-hybridized carbons (Fsp3) is 0.333. The van der Waals surface area contributed by atoms with Crippen LogP contribution in [0.5, 0.6) is 0 Å². The van der Waals surface area contributed by atoms with E-state index in [2.05, 4.69) is 91.6 Å². The maximum Gasteiger partial charge on any atom is 0.152 e. The lowest BCUT2D eigenvalue weighted by Gasteiger charge is -2.19. The average Bonchev–Trinajstić information content (AvgIpc) is 3.05. The second-order valence-electron chi connectivity index (χ2n) is 9.04. The lowest BCUT2D eigenvalue weighted by molar-refractivity contribution is 0.533. The Kier molecular flexibility index (Phi) is 4.37. The molecule has 2 heterocycles. The lowest BCUT2D eigenvalue weighted by atomic mass is 9.86. The molecular formula is C24H28N4. The zero-order valence-corrected chi connectivity index (χ0v) is 17.3. The number of pyridine rings is 1. The highest BCUT2D eigenvalue weighted by molar-refractivity contribution is 6.07. The number of hydrogen-bond donors (Lipinski definition) is 1. The standard InChI is InChI=1S/C24H28N4/c1-15(2)13-28-14-26-21-22(28)19-12-17(8-11-20(19)27-23(21)25)16-6-9-18(10-7-16)24(3,4)5/h6-12,14-15H,13H2,1-5H3,(H2,25,27). The number of nitrogen functional groups attached to an aromatic ring is 1. The van der Waals surface area contributed by atoms with Crippen molar-refractivity contribution in [2.75, 3.05) is 5.73 Å². The fourth-order valence-electron chi connectivity index (χ4n) is 3.73. The molecule has 28 heavy (non-hydrogen) atoms. The van der Waals surface area contributed by atoms with Crippen LogP contribution in [0.25, 0.3) is 33.1 Å². The van der Waals surface area contributed by atoms with E-state index in [9.17, 15) is 0 Å². The molecule has 0 saturated heterocycles. The SMILES string of the molecule is CC(C)Cn1cnc2c(N)nc3ccc(-c4ccc(C(C)(C)C)cc4)cc3c21. The van der Waals surface area contributed by atoms with Crippen molar-refractivity contribution in [1.82, 2.24) is 14.5 Å². The van der Waals surface area contributed by atoms with Crippen LogP contribution in [0.2, 0.25) is 0 Å². The van der Waals surface area contributed by atoms with Gasteiger partial charge in [-0.2, -0.15) is 0 Å². The van der Waals surface area contributed by atoms with E-state index in [-0.39, 0.29) is 5.41 Å². The highest BCUT2D eigenvalue weighted by atomic mass is 15.1. The first-order valence-corrected chi connectivity index (χ1v) is 9.89. The van der Waals surface area contributed by atoms with Gasteiger partial charge in [-0.15, -0.1) is 0 Å². The van der Waals surface area contributed by atoms with Crippen LogP contribution >= 0.6 is 0 Å². The number of imidazole rings is 1. The summed E-state index contributed by atoms with van der Waals surface area (Å²) in [4.78, 5) is 9.12. The summed E-state index contributed by atoms with van der Waals surface area (Å²) in [5.74, 6) is 1.02. The van der Waals surface area contributed by atoms with Gasteiger partial charge in [0.25, 0.3) is 0 Å². The van der Waals surface area contributed by atoms with Crippen LogP contribution in [-0.4, -0.2) is 14.5 Å². The summed E-state index contributed by atoms with van der Waals surface area (Å²) in [6.45, 7) is 12.0. The molecule has 0 aliphatic rings. The molecule has 144 valence electrons. The minimum atomic E-state index is 0.152. The highest BCUT2D eigenvalue weighted by Crippen LogP contribution is 2.32. The molecule has 4 heteroatoms. The van der Waals surface area contributed by atoms with Gasteiger partial charge in [0, 0.05) is 11.9 Å². The van der Waals surface area contributed by atoms with Crippen molar-refractivity contribution in [3.63, 3.8) is 0 Å². The van der Waals surface area contributed by atoms with Crippen molar-refractivity contribution in [2.45, 2.75) is 46.6 Å². The van der Waals surface area contributed by atoms with Gasteiger partial charge in [-0.1, -0.05) is 65.0 Å². The number of benzene rings is 2. The Morgan fingerprint density at radius 2 is 1.68 bits per heavy atom. The van der Waals surface area contributed by atoms with Gasteiger partial charge in [-0.25, -0.2) is 9.97 Å². The van der Waals surface area contributed by atoms with E-state index in [4.69, 9.17) is 5.73 Å². The number of aromatic nitrogens is 3. The number of rotatable bonds is 3. The molecule has 0 amide bonds. The number of fused-ring (bicyclic) bond motifs is 3. The van der Waals surface area contributed by atoms with Crippen LogP contribution in [0.15, 0.2) is 48.8 Å². The minimum absolute atomic E-state index is 0.152. The van der Waals surface area contributed by atoms with Gasteiger partial charge in [0.1, 0.15) is 5.52 Å². The maximum absolute atomic E-state index is 6.19. The van der Waals surface area contributed by atoms with E-state index in [1.165, 1.54) is 16.7 Å². The van der Waals surface area contributed by atoms with Gasteiger partial charge in [-0.3, -0.25) is 0 Å². The van der Waals surface area contributed by atoms with Crippen molar-refractivity contribution in [3.8, 4) is 11.1 Å². The molecule has 2 N–H and O–H groups in total. The van der Waals surface area contributed by atoms with E-state index in [1.807, 2.05) is 6.33 Å². The molecule has 0 unspecified atom stereocenters. The molecule has 2 aromatic carbocycles. The summed E-state index contributed by atoms with van der Waals surface area (Å²) in [5.41, 5.74) is 12.8. The van der Waals surface area contributed by atoms with Crippen molar-refractivity contribution in [3.05, 3.63) is 54.4 Å². The number of nitrogens with zero attached hydrogens (tertiary/aromatic N) is 3. The topological polar surface area (TPSA) is 56.7 Å².